The van der Waals surface area contributed by atoms with Gasteiger partial charge in [0.15, 0.2) is 0 Å². The van der Waals surface area contributed by atoms with Crippen molar-refractivity contribution < 1.29 is 0 Å². The predicted octanol–water partition coefficient (Wildman–Crippen LogP) is 3.99. The molecule has 4 aromatic rings. The molecule has 0 spiro atoms. The van der Waals surface area contributed by atoms with E-state index in [4.69, 9.17) is 5.10 Å². The summed E-state index contributed by atoms with van der Waals surface area (Å²) in [6, 6.07) is 8.84. The van der Waals surface area contributed by atoms with Crippen LogP contribution in [0.3, 0.4) is 0 Å². The highest BCUT2D eigenvalue weighted by Gasteiger charge is 2.19. The molecule has 3 aromatic heterocycles. The van der Waals surface area contributed by atoms with E-state index in [9.17, 15) is 0 Å². The third-order valence-corrected chi connectivity index (χ3v) is 5.37. The first-order chi connectivity index (χ1) is 12.6. The van der Waals surface area contributed by atoms with Gasteiger partial charge in [0.25, 0.3) is 0 Å². The Labute approximate surface area is 156 Å². The van der Waals surface area contributed by atoms with Crippen LogP contribution in [0, 0.1) is 5.92 Å². The fourth-order valence-corrected chi connectivity index (χ4v) is 3.86. The van der Waals surface area contributed by atoms with Gasteiger partial charge in [0.05, 0.1) is 6.20 Å². The molecule has 6 nitrogen and oxygen atoms in total. The fraction of sp³-hybridized carbons (Fsp3) is 0.316. The zero-order valence-corrected chi connectivity index (χ0v) is 15.8. The minimum absolute atomic E-state index is 0.199. The number of nitrogens with zero attached hydrogens (tertiary/aromatic N) is 6. The van der Waals surface area contributed by atoms with Gasteiger partial charge >= 0.3 is 0 Å². The van der Waals surface area contributed by atoms with Crippen molar-refractivity contribution in [3.05, 3.63) is 59.0 Å². The highest BCUT2D eigenvalue weighted by atomic mass is 32.1. The molecule has 7 heteroatoms. The molecule has 3 heterocycles. The van der Waals surface area contributed by atoms with Gasteiger partial charge < -0.3 is 0 Å². The number of rotatable bonds is 5. The first-order valence-electron chi connectivity index (χ1n) is 8.69. The number of benzene rings is 1. The Morgan fingerprint density at radius 3 is 2.54 bits per heavy atom. The average Bonchev–Trinajstić information content (AvgIpc) is 3.22. The molecule has 132 valence electrons. The summed E-state index contributed by atoms with van der Waals surface area (Å²) in [6.07, 6.45) is 6.06. The summed E-state index contributed by atoms with van der Waals surface area (Å²) in [7, 11) is 0. The number of hydrogen-bond acceptors (Lipinski definition) is 6. The van der Waals surface area contributed by atoms with E-state index in [1.807, 2.05) is 0 Å². The van der Waals surface area contributed by atoms with Crippen LogP contribution in [0.25, 0.3) is 16.5 Å². The predicted molar refractivity (Wildman–Crippen MR) is 102 cm³/mol. The van der Waals surface area contributed by atoms with Crippen LogP contribution in [-0.2, 0) is 6.42 Å². The molecule has 4 rings (SSSR count). The lowest BCUT2D eigenvalue weighted by atomic mass is 9.97. The van der Waals surface area contributed by atoms with Crippen LogP contribution in [0.2, 0.25) is 0 Å². The van der Waals surface area contributed by atoms with Crippen molar-refractivity contribution in [1.29, 1.82) is 0 Å². The summed E-state index contributed by atoms with van der Waals surface area (Å²) in [5.41, 5.74) is 3.30. The Balaban J connectivity index is 1.63. The van der Waals surface area contributed by atoms with Crippen molar-refractivity contribution in [3.63, 3.8) is 0 Å². The summed E-state index contributed by atoms with van der Waals surface area (Å²) in [6.45, 7) is 6.65. The quantitative estimate of drug-likeness (QED) is 0.535. The summed E-state index contributed by atoms with van der Waals surface area (Å²) in [5, 5.41) is 14.2. The Morgan fingerprint density at radius 2 is 1.85 bits per heavy atom. The van der Waals surface area contributed by atoms with Gasteiger partial charge in [-0.25, -0.2) is 4.98 Å². The van der Waals surface area contributed by atoms with Crippen LogP contribution in [0.1, 0.15) is 42.8 Å². The van der Waals surface area contributed by atoms with Crippen molar-refractivity contribution in [3.8, 4) is 11.5 Å². The van der Waals surface area contributed by atoms with Crippen LogP contribution < -0.4 is 0 Å². The van der Waals surface area contributed by atoms with E-state index < -0.39 is 0 Å². The van der Waals surface area contributed by atoms with E-state index in [1.165, 1.54) is 11.1 Å². The van der Waals surface area contributed by atoms with Gasteiger partial charge in [-0.1, -0.05) is 56.4 Å². The van der Waals surface area contributed by atoms with Crippen LogP contribution >= 0.6 is 11.3 Å². The number of aromatic nitrogens is 6. The summed E-state index contributed by atoms with van der Waals surface area (Å²) in [5.74, 6) is 1.48. The third kappa shape index (κ3) is 3.22. The van der Waals surface area contributed by atoms with Gasteiger partial charge in [0, 0.05) is 18.3 Å². The van der Waals surface area contributed by atoms with E-state index in [1.54, 1.807) is 34.4 Å². The lowest BCUT2D eigenvalue weighted by molar-refractivity contribution is 0.647. The smallest absolute Gasteiger partial charge is 0.235 e. The maximum absolute atomic E-state index is 4.74. The molecular formula is C19H20N6S. The van der Waals surface area contributed by atoms with Gasteiger partial charge in [-0.3, -0.25) is 4.98 Å². The molecule has 0 aliphatic rings. The maximum atomic E-state index is 4.74. The van der Waals surface area contributed by atoms with Crippen molar-refractivity contribution in [2.45, 2.75) is 33.1 Å². The van der Waals surface area contributed by atoms with Crippen molar-refractivity contribution in [1.82, 2.24) is 29.8 Å². The van der Waals surface area contributed by atoms with Crippen LogP contribution in [0.4, 0.5) is 0 Å². The molecule has 0 radical (unpaired) electrons. The summed E-state index contributed by atoms with van der Waals surface area (Å²) in [4.78, 5) is 9.16. The second-order valence-corrected chi connectivity index (χ2v) is 7.80. The SMILES string of the molecule is CC(C)Cc1ccc([C@H](C)c2nn3c(-c4cnccn4)nnc3s2)cc1. The topological polar surface area (TPSA) is 68.9 Å². The molecule has 0 fully saturated rings. The number of hydrogen-bond donors (Lipinski definition) is 0. The highest BCUT2D eigenvalue weighted by molar-refractivity contribution is 7.16. The minimum Gasteiger partial charge on any atom is -0.261 e. The molecule has 1 aromatic carbocycles. The molecule has 0 saturated heterocycles. The molecule has 0 N–H and O–H groups in total. The Kier molecular flexibility index (Phi) is 4.46. The van der Waals surface area contributed by atoms with Gasteiger partial charge in [0.1, 0.15) is 10.7 Å². The molecule has 0 unspecified atom stereocenters. The molecule has 1 atom stereocenters. The first kappa shape index (κ1) is 16.8. The lowest BCUT2D eigenvalue weighted by Crippen LogP contribution is -2.00. The summed E-state index contributed by atoms with van der Waals surface area (Å²) >= 11 is 1.56. The van der Waals surface area contributed by atoms with Crippen molar-refractivity contribution >= 4 is 16.3 Å². The van der Waals surface area contributed by atoms with Gasteiger partial charge in [-0.2, -0.15) is 9.61 Å². The Bertz CT molecular complexity index is 1000. The van der Waals surface area contributed by atoms with Gasteiger partial charge in [-0.15, -0.1) is 10.2 Å². The zero-order valence-electron chi connectivity index (χ0n) is 15.0. The largest absolute Gasteiger partial charge is 0.261 e. The van der Waals surface area contributed by atoms with Gasteiger partial charge in [0.2, 0.25) is 10.8 Å². The average molecular weight is 364 g/mol. The molecule has 0 saturated carbocycles. The molecule has 26 heavy (non-hydrogen) atoms. The Morgan fingerprint density at radius 1 is 1.04 bits per heavy atom. The van der Waals surface area contributed by atoms with E-state index in [0.29, 0.717) is 17.4 Å². The van der Waals surface area contributed by atoms with Crippen LogP contribution in [0.5, 0.6) is 0 Å². The van der Waals surface area contributed by atoms with E-state index in [2.05, 4.69) is 65.2 Å². The van der Waals surface area contributed by atoms with Crippen molar-refractivity contribution in [2.24, 2.45) is 5.92 Å². The van der Waals surface area contributed by atoms with E-state index >= 15 is 0 Å². The minimum atomic E-state index is 0.199. The lowest BCUT2D eigenvalue weighted by Gasteiger charge is -2.10. The molecule has 0 aliphatic heterocycles. The first-order valence-corrected chi connectivity index (χ1v) is 9.51. The number of fused-ring (bicyclic) bond motifs is 1. The molecule has 0 bridgehead atoms. The van der Waals surface area contributed by atoms with Crippen LogP contribution in [-0.4, -0.2) is 29.8 Å². The van der Waals surface area contributed by atoms with Crippen molar-refractivity contribution in [2.75, 3.05) is 0 Å². The van der Waals surface area contributed by atoms with E-state index in [0.717, 1.165) is 16.4 Å². The second-order valence-electron chi connectivity index (χ2n) is 6.81. The highest BCUT2D eigenvalue weighted by Crippen LogP contribution is 2.29. The fourth-order valence-electron chi connectivity index (χ4n) is 2.94. The maximum Gasteiger partial charge on any atom is 0.235 e. The summed E-state index contributed by atoms with van der Waals surface area (Å²) < 4.78 is 1.76. The monoisotopic (exact) mass is 364 g/mol. The van der Waals surface area contributed by atoms with E-state index in [-0.39, 0.29) is 5.92 Å². The normalized spacial score (nSPS) is 12.8. The third-order valence-electron chi connectivity index (χ3n) is 4.29. The molecular weight excluding hydrogens is 344 g/mol. The Hall–Kier alpha value is -2.67. The molecule has 0 aliphatic carbocycles. The second kappa shape index (κ2) is 6.92. The molecule has 0 amide bonds. The van der Waals surface area contributed by atoms with Gasteiger partial charge in [-0.05, 0) is 23.5 Å². The van der Waals surface area contributed by atoms with Crippen LogP contribution in [0.15, 0.2) is 42.9 Å². The standard InChI is InChI=1S/C19H20N6S/c1-12(2)10-14-4-6-15(7-5-14)13(3)18-24-25-17(22-23-19(25)26-18)16-11-20-8-9-21-16/h4-9,11-13H,10H2,1-3H3/t13-/m0/s1. The zero-order chi connectivity index (χ0) is 18.1.